The van der Waals surface area contributed by atoms with Crippen LogP contribution in [0.4, 0.5) is 10.5 Å². The summed E-state index contributed by atoms with van der Waals surface area (Å²) in [5, 5.41) is 2.89. The van der Waals surface area contributed by atoms with Gasteiger partial charge >= 0.3 is 6.09 Å². The van der Waals surface area contributed by atoms with Crippen LogP contribution in [0.5, 0.6) is 0 Å². The summed E-state index contributed by atoms with van der Waals surface area (Å²) in [4.78, 5) is 17.3. The normalized spacial score (nSPS) is 11.6. The zero-order chi connectivity index (χ0) is 21.5. The van der Waals surface area contributed by atoms with Crippen LogP contribution in [0.15, 0.2) is 60.7 Å². The Balaban J connectivity index is 1.95. The Kier molecular flexibility index (Phi) is 4.90. The van der Waals surface area contributed by atoms with Gasteiger partial charge in [-0.05, 0) is 57.9 Å². The Morgan fingerprint density at radius 1 is 0.933 bits per heavy atom. The second-order valence-corrected chi connectivity index (χ2v) is 8.56. The van der Waals surface area contributed by atoms with Crippen molar-refractivity contribution in [2.45, 2.75) is 40.2 Å². The molecule has 0 radical (unpaired) electrons. The molecule has 1 N–H and O–H groups in total. The number of aromatic nitrogens is 2. The number of nitrogens with one attached hydrogen (secondary N) is 1. The number of carbonyl (C=O) groups excluding carboxylic acids is 1. The van der Waals surface area contributed by atoms with Crippen molar-refractivity contribution in [2.75, 3.05) is 5.32 Å². The van der Waals surface area contributed by atoms with Crippen molar-refractivity contribution < 1.29 is 14.1 Å². The Morgan fingerprint density at radius 2 is 1.63 bits per heavy atom. The van der Waals surface area contributed by atoms with Gasteiger partial charge in [-0.3, -0.25) is 5.32 Å². The highest BCUT2D eigenvalue weighted by atomic mass is 16.6. The number of amides is 1. The predicted molar refractivity (Wildman–Crippen MR) is 120 cm³/mol. The van der Waals surface area contributed by atoms with Gasteiger partial charge in [-0.15, -0.1) is 4.57 Å². The van der Waals surface area contributed by atoms with E-state index in [4.69, 9.17) is 9.72 Å². The van der Waals surface area contributed by atoms with Crippen molar-refractivity contribution in [3.63, 3.8) is 0 Å². The van der Waals surface area contributed by atoms with Crippen molar-refractivity contribution in [3.05, 3.63) is 71.8 Å². The summed E-state index contributed by atoms with van der Waals surface area (Å²) in [6.07, 6.45) is -0.472. The molecule has 5 nitrogen and oxygen atoms in total. The molecule has 0 spiro atoms. The van der Waals surface area contributed by atoms with E-state index in [-0.39, 0.29) is 0 Å². The van der Waals surface area contributed by atoms with Crippen molar-refractivity contribution >= 4 is 33.8 Å². The standard InChI is InChI=1S/C25H25N3O2/c1-16-11-12-22-20(13-16)26-21-14-17(2)19(27-24(29)30-25(3,4)5)15-23(21)28(22)18-9-7-6-8-10-18/h6-15H,1-5H3/p+1. The van der Waals surface area contributed by atoms with E-state index in [0.717, 1.165) is 38.9 Å². The van der Waals surface area contributed by atoms with Gasteiger partial charge in [0.05, 0.1) is 5.69 Å². The van der Waals surface area contributed by atoms with E-state index in [1.807, 2.05) is 58.0 Å². The minimum Gasteiger partial charge on any atom is -0.444 e. The molecule has 0 bridgehead atoms. The van der Waals surface area contributed by atoms with Gasteiger partial charge in [0.2, 0.25) is 16.7 Å². The topological polar surface area (TPSA) is 55.1 Å². The number of para-hydroxylation sites is 1. The highest BCUT2D eigenvalue weighted by molar-refractivity contribution is 5.91. The minimum absolute atomic E-state index is 0.472. The van der Waals surface area contributed by atoms with E-state index < -0.39 is 11.7 Å². The van der Waals surface area contributed by atoms with Crippen LogP contribution in [-0.2, 0) is 4.74 Å². The van der Waals surface area contributed by atoms with Crippen LogP contribution in [0, 0.1) is 13.8 Å². The number of nitrogens with zero attached hydrogens (tertiary/aromatic N) is 2. The number of hydrogen-bond acceptors (Lipinski definition) is 3. The van der Waals surface area contributed by atoms with Crippen molar-refractivity contribution in [3.8, 4) is 5.69 Å². The first kappa shape index (κ1) is 19.8. The summed E-state index contributed by atoms with van der Waals surface area (Å²) in [5.74, 6) is 0. The molecule has 1 amide bonds. The Bertz CT molecular complexity index is 1260. The lowest BCUT2D eigenvalue weighted by atomic mass is 10.1. The van der Waals surface area contributed by atoms with Crippen molar-refractivity contribution in [1.29, 1.82) is 0 Å². The lowest BCUT2D eigenvalue weighted by molar-refractivity contribution is -0.538. The number of carbonyl (C=O) groups is 1. The van der Waals surface area contributed by atoms with E-state index in [1.54, 1.807) is 0 Å². The summed E-state index contributed by atoms with van der Waals surface area (Å²) in [6.45, 7) is 9.57. The number of ether oxygens (including phenoxy) is 1. The SMILES string of the molecule is Cc1ccc2c(c1)nc1cc(C)c(NC(=O)OC(C)(C)C)cc1[n+]2-c1ccccc1. The minimum atomic E-state index is -0.561. The number of hydrogen-bond donors (Lipinski definition) is 1. The van der Waals surface area contributed by atoms with E-state index >= 15 is 0 Å². The fourth-order valence-electron chi connectivity index (χ4n) is 3.53. The van der Waals surface area contributed by atoms with Gasteiger partial charge in [0.15, 0.2) is 0 Å². The smallest absolute Gasteiger partial charge is 0.412 e. The maximum Gasteiger partial charge on any atom is 0.412 e. The second-order valence-electron chi connectivity index (χ2n) is 8.56. The number of rotatable bonds is 2. The molecule has 0 fully saturated rings. The lowest BCUT2D eigenvalue weighted by Crippen LogP contribution is -2.33. The number of anilines is 1. The molecule has 1 heterocycles. The van der Waals surface area contributed by atoms with Crippen LogP contribution < -0.4 is 9.88 Å². The zero-order valence-corrected chi connectivity index (χ0v) is 18.0. The first-order valence-corrected chi connectivity index (χ1v) is 10.0. The van der Waals surface area contributed by atoms with E-state index in [0.29, 0.717) is 5.69 Å². The summed E-state index contributed by atoms with van der Waals surface area (Å²) in [5.41, 5.74) is 6.97. The van der Waals surface area contributed by atoms with Crippen LogP contribution in [0.2, 0.25) is 0 Å². The van der Waals surface area contributed by atoms with Crippen LogP contribution in [-0.4, -0.2) is 16.7 Å². The third-order valence-corrected chi connectivity index (χ3v) is 4.83. The van der Waals surface area contributed by atoms with Crippen LogP contribution >= 0.6 is 0 Å². The zero-order valence-electron chi connectivity index (χ0n) is 18.0. The van der Waals surface area contributed by atoms with Crippen LogP contribution in [0.1, 0.15) is 31.9 Å². The summed E-state index contributed by atoms with van der Waals surface area (Å²) in [7, 11) is 0. The lowest BCUT2D eigenvalue weighted by Gasteiger charge is -2.20. The van der Waals surface area contributed by atoms with Crippen LogP contribution in [0.25, 0.3) is 27.8 Å². The molecule has 0 aliphatic heterocycles. The fourth-order valence-corrected chi connectivity index (χ4v) is 3.53. The van der Waals surface area contributed by atoms with Gasteiger partial charge in [-0.25, -0.2) is 9.78 Å². The maximum atomic E-state index is 12.4. The predicted octanol–water partition coefficient (Wildman–Crippen LogP) is 5.63. The Morgan fingerprint density at radius 3 is 2.33 bits per heavy atom. The number of aryl methyl sites for hydroxylation is 2. The first-order chi connectivity index (χ1) is 14.2. The molecule has 5 heteroatoms. The maximum absolute atomic E-state index is 12.4. The molecule has 0 aliphatic carbocycles. The van der Waals surface area contributed by atoms with E-state index in [2.05, 4.69) is 47.1 Å². The Labute approximate surface area is 176 Å². The monoisotopic (exact) mass is 400 g/mol. The molecule has 152 valence electrons. The molecular weight excluding hydrogens is 374 g/mol. The van der Waals surface area contributed by atoms with Gasteiger partial charge < -0.3 is 4.74 Å². The molecule has 0 unspecified atom stereocenters. The average molecular weight is 401 g/mol. The summed E-state index contributed by atoms with van der Waals surface area (Å²) >= 11 is 0. The van der Waals surface area contributed by atoms with Crippen LogP contribution in [0.3, 0.4) is 0 Å². The molecule has 4 rings (SSSR count). The van der Waals surface area contributed by atoms with Crippen molar-refractivity contribution in [2.24, 2.45) is 0 Å². The van der Waals surface area contributed by atoms with Gasteiger partial charge in [-0.1, -0.05) is 24.3 Å². The highest BCUT2D eigenvalue weighted by Crippen LogP contribution is 2.25. The molecule has 0 aliphatic rings. The second kappa shape index (κ2) is 7.41. The fraction of sp³-hybridized carbons (Fsp3) is 0.240. The van der Waals surface area contributed by atoms with Gasteiger partial charge in [0, 0.05) is 24.3 Å². The van der Waals surface area contributed by atoms with E-state index in [1.165, 1.54) is 0 Å². The molecule has 0 saturated carbocycles. The quantitative estimate of drug-likeness (QED) is 0.350. The van der Waals surface area contributed by atoms with Crippen molar-refractivity contribution in [1.82, 2.24) is 4.98 Å². The molecule has 30 heavy (non-hydrogen) atoms. The molecular formula is C25H26N3O2+. The highest BCUT2D eigenvalue weighted by Gasteiger charge is 2.22. The molecule has 4 aromatic rings. The van der Waals surface area contributed by atoms with E-state index in [9.17, 15) is 4.79 Å². The molecule has 0 atom stereocenters. The van der Waals surface area contributed by atoms with Gasteiger partial charge in [0.1, 0.15) is 16.6 Å². The van der Waals surface area contributed by atoms with Gasteiger partial charge in [-0.2, -0.15) is 0 Å². The number of fused-ring (bicyclic) bond motifs is 2. The Hall–Kier alpha value is -3.47. The third-order valence-electron chi connectivity index (χ3n) is 4.83. The summed E-state index contributed by atoms with van der Waals surface area (Å²) < 4.78 is 7.61. The largest absolute Gasteiger partial charge is 0.444 e. The number of benzene rings is 3. The summed E-state index contributed by atoms with van der Waals surface area (Å²) in [6, 6.07) is 20.4. The first-order valence-electron chi connectivity index (χ1n) is 10.0. The molecule has 3 aromatic carbocycles. The van der Waals surface area contributed by atoms with Gasteiger partial charge in [0.25, 0.3) is 0 Å². The third kappa shape index (κ3) is 3.96. The molecule has 0 saturated heterocycles. The average Bonchev–Trinajstić information content (AvgIpc) is 2.66. The molecule has 1 aromatic heterocycles.